The van der Waals surface area contributed by atoms with Crippen molar-refractivity contribution < 1.29 is 27.5 Å². The van der Waals surface area contributed by atoms with Gasteiger partial charge in [-0.25, -0.2) is 17.6 Å². The van der Waals surface area contributed by atoms with Gasteiger partial charge in [-0.3, -0.25) is 4.79 Å². The van der Waals surface area contributed by atoms with Crippen molar-refractivity contribution >= 4 is 17.7 Å². The van der Waals surface area contributed by atoms with Crippen LogP contribution in [0.3, 0.4) is 0 Å². The largest absolute Gasteiger partial charge is 0.387 e. The minimum Gasteiger partial charge on any atom is -0.387 e. The number of rotatable bonds is 3. The van der Waals surface area contributed by atoms with E-state index in [4.69, 9.17) is 0 Å². The van der Waals surface area contributed by atoms with Crippen molar-refractivity contribution in [3.05, 3.63) is 34.9 Å². The molecule has 0 aromatic heterocycles. The van der Waals surface area contributed by atoms with E-state index in [2.05, 4.69) is 5.32 Å². The monoisotopic (exact) mass is 309 g/mol. The third-order valence-electron chi connectivity index (χ3n) is 3.01. The lowest BCUT2D eigenvalue weighted by Crippen LogP contribution is -2.43. The first kappa shape index (κ1) is 15.1. The molecule has 20 heavy (non-hydrogen) atoms. The van der Waals surface area contributed by atoms with Crippen molar-refractivity contribution in [2.75, 3.05) is 18.1 Å². The second-order valence-electron chi connectivity index (χ2n) is 4.56. The molecule has 0 bridgehead atoms. The van der Waals surface area contributed by atoms with Gasteiger partial charge < -0.3 is 10.4 Å². The highest BCUT2D eigenvalue weighted by Crippen LogP contribution is 2.27. The number of hydrogen-bond donors (Lipinski definition) is 2. The molecule has 8 heteroatoms. The van der Waals surface area contributed by atoms with Gasteiger partial charge in [0.25, 0.3) is 5.91 Å². The highest BCUT2D eigenvalue weighted by atomic mass is 32.2. The lowest BCUT2D eigenvalue weighted by atomic mass is 10.0. The smallest absolute Gasteiger partial charge is 0.254 e. The van der Waals surface area contributed by atoms with Crippen molar-refractivity contribution in [2.24, 2.45) is 0 Å². The number of benzene rings is 1. The molecule has 0 spiro atoms. The van der Waals surface area contributed by atoms with Gasteiger partial charge in [-0.2, -0.15) is 11.8 Å². The van der Waals surface area contributed by atoms with Crippen molar-refractivity contribution in [2.45, 2.75) is 12.0 Å². The maximum atomic E-state index is 13.4. The predicted octanol–water partition coefficient (Wildman–Crippen LogP) is 1.84. The third kappa shape index (κ3) is 2.90. The van der Waals surface area contributed by atoms with Crippen molar-refractivity contribution in [1.29, 1.82) is 0 Å². The van der Waals surface area contributed by atoms with E-state index in [1.165, 1.54) is 11.8 Å². The number of carbonyl (C=O) groups is 1. The van der Waals surface area contributed by atoms with Gasteiger partial charge in [0.15, 0.2) is 23.3 Å². The highest BCUT2D eigenvalue weighted by Gasteiger charge is 2.32. The van der Waals surface area contributed by atoms with Gasteiger partial charge in [-0.05, 0) is 18.2 Å². The van der Waals surface area contributed by atoms with Gasteiger partial charge in [0.1, 0.15) is 0 Å². The lowest BCUT2D eigenvalue weighted by molar-refractivity contribution is 0.0610. The predicted molar refractivity (Wildman–Crippen MR) is 65.5 cm³/mol. The molecule has 1 unspecified atom stereocenters. The Bertz CT molecular complexity index is 547. The van der Waals surface area contributed by atoms with Crippen molar-refractivity contribution in [1.82, 2.24) is 5.32 Å². The van der Waals surface area contributed by atoms with Gasteiger partial charge in [-0.1, -0.05) is 0 Å². The zero-order chi connectivity index (χ0) is 14.9. The number of nitrogens with one attached hydrogen (secondary N) is 1. The molecule has 1 amide bonds. The molecule has 3 nitrogen and oxygen atoms in total. The molecular weight excluding hydrogens is 298 g/mol. The topological polar surface area (TPSA) is 49.3 Å². The lowest BCUT2D eigenvalue weighted by Gasteiger charge is -2.21. The van der Waals surface area contributed by atoms with E-state index >= 15 is 0 Å². The summed E-state index contributed by atoms with van der Waals surface area (Å²) in [5.41, 5.74) is -2.05. The van der Waals surface area contributed by atoms with Crippen molar-refractivity contribution in [3.8, 4) is 0 Å². The molecule has 1 aliphatic heterocycles. The zero-order valence-corrected chi connectivity index (χ0v) is 11.0. The Kier molecular flexibility index (Phi) is 4.24. The fraction of sp³-hybridized carbons (Fsp3) is 0.417. The molecule has 2 N–H and O–H groups in total. The zero-order valence-electron chi connectivity index (χ0n) is 10.2. The maximum absolute atomic E-state index is 13.4. The fourth-order valence-electron chi connectivity index (χ4n) is 1.81. The number of halogens is 4. The van der Waals surface area contributed by atoms with E-state index in [1.807, 2.05) is 0 Å². The normalized spacial score (nSPS) is 22.1. The molecule has 1 fully saturated rings. The Labute approximate surface area is 116 Å². The molecule has 0 aliphatic carbocycles. The Morgan fingerprint density at radius 3 is 2.60 bits per heavy atom. The van der Waals surface area contributed by atoms with E-state index in [-0.39, 0.29) is 12.6 Å². The Morgan fingerprint density at radius 1 is 1.30 bits per heavy atom. The molecule has 1 heterocycles. The summed E-state index contributed by atoms with van der Waals surface area (Å²) in [7, 11) is 0. The number of hydrogen-bond acceptors (Lipinski definition) is 3. The quantitative estimate of drug-likeness (QED) is 0.509. The van der Waals surface area contributed by atoms with Gasteiger partial charge in [0, 0.05) is 12.3 Å². The Hall–Kier alpha value is -1.28. The minimum atomic E-state index is -2.04. The first-order chi connectivity index (χ1) is 9.34. The average Bonchev–Trinajstić information content (AvgIpc) is 2.85. The van der Waals surface area contributed by atoms with Crippen LogP contribution in [0.2, 0.25) is 0 Å². The third-order valence-corrected chi connectivity index (χ3v) is 4.24. The van der Waals surface area contributed by atoms with Crippen LogP contribution in [0.1, 0.15) is 16.8 Å². The summed E-state index contributed by atoms with van der Waals surface area (Å²) in [4.78, 5) is 11.7. The standard InChI is InChI=1S/C12H11F4NO2S/c13-7-3-6(8(14)10(16)9(7)15)11(18)17-4-12(19)1-2-20-5-12/h3,19H,1-2,4-5H2,(H,17,18). The Morgan fingerprint density at radius 2 is 2.00 bits per heavy atom. The molecule has 1 saturated heterocycles. The van der Waals surface area contributed by atoms with Gasteiger partial charge in [-0.15, -0.1) is 0 Å². The average molecular weight is 309 g/mol. The van der Waals surface area contributed by atoms with Crippen LogP contribution in [0.5, 0.6) is 0 Å². The summed E-state index contributed by atoms with van der Waals surface area (Å²) in [6.45, 7) is -0.168. The minimum absolute atomic E-state index is 0.168. The van der Waals surface area contributed by atoms with Gasteiger partial charge in [0.2, 0.25) is 0 Å². The van der Waals surface area contributed by atoms with Gasteiger partial charge >= 0.3 is 0 Å². The summed E-state index contributed by atoms with van der Waals surface area (Å²) in [5.74, 6) is -7.39. The molecule has 0 saturated carbocycles. The van der Waals surface area contributed by atoms with E-state index in [0.717, 1.165) is 5.75 Å². The second kappa shape index (κ2) is 5.61. The van der Waals surface area contributed by atoms with Crippen LogP contribution in [-0.2, 0) is 0 Å². The SMILES string of the molecule is O=C(NCC1(O)CCSC1)c1cc(F)c(F)c(F)c1F. The van der Waals surface area contributed by atoms with Crippen LogP contribution in [0.25, 0.3) is 0 Å². The highest BCUT2D eigenvalue weighted by molar-refractivity contribution is 7.99. The number of thioether (sulfide) groups is 1. The first-order valence-electron chi connectivity index (χ1n) is 5.75. The molecular formula is C12H11F4NO2S. The van der Waals surface area contributed by atoms with Gasteiger partial charge in [0.05, 0.1) is 11.2 Å². The molecule has 2 rings (SSSR count). The molecule has 110 valence electrons. The number of aliphatic hydroxyl groups is 1. The van der Waals surface area contributed by atoms with E-state index in [9.17, 15) is 27.5 Å². The van der Waals surface area contributed by atoms with Crippen LogP contribution in [0.4, 0.5) is 17.6 Å². The molecule has 1 aliphatic rings. The Balaban J connectivity index is 2.13. The molecule has 1 aromatic carbocycles. The van der Waals surface area contributed by atoms with E-state index in [0.29, 0.717) is 12.2 Å². The maximum Gasteiger partial charge on any atom is 0.254 e. The van der Waals surface area contributed by atoms with Crippen LogP contribution in [0.15, 0.2) is 6.07 Å². The number of carbonyl (C=O) groups excluding carboxylic acids is 1. The summed E-state index contributed by atoms with van der Waals surface area (Å²) in [6.07, 6.45) is 0.451. The van der Waals surface area contributed by atoms with E-state index < -0.39 is 40.3 Å². The molecule has 0 radical (unpaired) electrons. The van der Waals surface area contributed by atoms with Crippen LogP contribution in [0, 0.1) is 23.3 Å². The molecule has 1 atom stereocenters. The van der Waals surface area contributed by atoms with Crippen LogP contribution >= 0.6 is 11.8 Å². The first-order valence-corrected chi connectivity index (χ1v) is 6.91. The van der Waals surface area contributed by atoms with Crippen molar-refractivity contribution in [3.63, 3.8) is 0 Å². The number of amides is 1. The van der Waals surface area contributed by atoms with Crippen LogP contribution in [-0.4, -0.2) is 34.7 Å². The fourth-order valence-corrected chi connectivity index (χ4v) is 3.11. The molecule has 1 aromatic rings. The summed E-state index contributed by atoms with van der Waals surface area (Å²) in [5, 5.41) is 12.2. The summed E-state index contributed by atoms with van der Waals surface area (Å²) in [6, 6.07) is 0.288. The summed E-state index contributed by atoms with van der Waals surface area (Å²) < 4.78 is 52.1. The second-order valence-corrected chi connectivity index (χ2v) is 5.66. The van der Waals surface area contributed by atoms with E-state index in [1.54, 1.807) is 0 Å². The summed E-state index contributed by atoms with van der Waals surface area (Å²) >= 11 is 1.49. The van der Waals surface area contributed by atoms with Crippen LogP contribution < -0.4 is 5.32 Å².